The molecule has 25 nitrogen and oxygen atoms in total. The lowest BCUT2D eigenvalue weighted by molar-refractivity contribution is -0.138. The molecule has 0 saturated heterocycles. The predicted molar refractivity (Wildman–Crippen MR) is 246 cm³/mol. The smallest absolute Gasteiger partial charge is 0.276 e. The van der Waals surface area contributed by atoms with E-state index in [0.717, 1.165) is 17.1 Å². The third-order valence-corrected chi connectivity index (χ3v) is 11.0. The Morgan fingerprint density at radius 1 is 0.696 bits per heavy atom. The van der Waals surface area contributed by atoms with Crippen LogP contribution in [-0.4, -0.2) is 138 Å². The highest BCUT2D eigenvalue weighted by molar-refractivity contribution is 6.13. The summed E-state index contributed by atoms with van der Waals surface area (Å²) in [5.41, 5.74) is 13.2. The zero-order valence-corrected chi connectivity index (χ0v) is 38.3. The number of aromatic nitrogens is 8. The van der Waals surface area contributed by atoms with Crippen molar-refractivity contribution < 1.29 is 52.5 Å². The van der Waals surface area contributed by atoms with Gasteiger partial charge in [0.25, 0.3) is 23.6 Å². The Morgan fingerprint density at radius 3 is 1.62 bits per heavy atom. The van der Waals surface area contributed by atoms with Gasteiger partial charge in [-0.2, -0.15) is 0 Å². The largest absolute Gasteiger partial charge is 0.494 e. The summed E-state index contributed by atoms with van der Waals surface area (Å²) in [6.45, 7) is 0.337. The molecular formula is C44H48N14O11. The van der Waals surface area contributed by atoms with Crippen molar-refractivity contribution in [1.29, 1.82) is 0 Å². The quantitative estimate of drug-likeness (QED) is 0.0450. The number of carbonyl (C=O) groups excluding carboxylic acids is 7. The number of primary amides is 2. The van der Waals surface area contributed by atoms with Gasteiger partial charge in [-0.1, -0.05) is 12.2 Å². The van der Waals surface area contributed by atoms with Crippen molar-refractivity contribution in [2.45, 2.75) is 25.9 Å². The number of benzene rings is 2. The molecule has 6 aromatic rings. The Hall–Kier alpha value is -9.03. The van der Waals surface area contributed by atoms with Crippen LogP contribution in [0.15, 0.2) is 60.7 Å². The summed E-state index contributed by atoms with van der Waals surface area (Å²) in [7, 11) is 8.99. The van der Waals surface area contributed by atoms with Gasteiger partial charge in [0.15, 0.2) is 0 Å². The maximum Gasteiger partial charge on any atom is 0.276 e. The summed E-state index contributed by atoms with van der Waals surface area (Å²) in [6.07, 6.45) is 6.08. The molecule has 0 bridgehead atoms. The van der Waals surface area contributed by atoms with E-state index in [1.165, 1.54) is 72.0 Å². The molecule has 7 rings (SSSR count). The zero-order chi connectivity index (χ0) is 49.7. The van der Waals surface area contributed by atoms with E-state index >= 15 is 0 Å². The molecular weight excluding hydrogens is 901 g/mol. The van der Waals surface area contributed by atoms with Crippen LogP contribution in [0.25, 0.3) is 22.1 Å². The molecule has 0 unspecified atom stereocenters. The van der Waals surface area contributed by atoms with Crippen molar-refractivity contribution in [2.24, 2.45) is 25.6 Å². The van der Waals surface area contributed by atoms with E-state index in [0.29, 0.717) is 23.0 Å². The van der Waals surface area contributed by atoms with E-state index in [4.69, 9.17) is 35.4 Å². The monoisotopic (exact) mass is 948 g/mol. The summed E-state index contributed by atoms with van der Waals surface area (Å²) < 4.78 is 28.3. The molecule has 0 atom stereocenters. The molecule has 0 fully saturated rings. The van der Waals surface area contributed by atoms with Gasteiger partial charge < -0.3 is 44.4 Å². The Kier molecular flexibility index (Phi) is 14.1. The lowest BCUT2D eigenvalue weighted by Gasteiger charge is -2.19. The predicted octanol–water partition coefficient (Wildman–Crippen LogP) is 1.38. The van der Waals surface area contributed by atoms with E-state index in [-0.39, 0.29) is 108 Å². The Morgan fingerprint density at radius 2 is 1.17 bits per heavy atom. The first-order chi connectivity index (χ1) is 33.0. The third kappa shape index (κ3) is 10.2. The molecule has 1 aliphatic heterocycles. The van der Waals surface area contributed by atoms with Gasteiger partial charge in [0.05, 0.1) is 39.0 Å². The molecule has 5 heterocycles. The van der Waals surface area contributed by atoms with E-state index in [1.807, 2.05) is 0 Å². The van der Waals surface area contributed by atoms with Crippen molar-refractivity contribution in [2.75, 3.05) is 58.7 Å². The summed E-state index contributed by atoms with van der Waals surface area (Å²) >= 11 is 0. The zero-order valence-electron chi connectivity index (χ0n) is 38.3. The minimum absolute atomic E-state index is 0.0357. The lowest BCUT2D eigenvalue weighted by atomic mass is 10.1. The first kappa shape index (κ1) is 47.9. The van der Waals surface area contributed by atoms with Crippen molar-refractivity contribution >= 4 is 75.3 Å². The maximum atomic E-state index is 13.8. The molecule has 0 saturated carbocycles. The molecule has 360 valence electrons. The van der Waals surface area contributed by atoms with Gasteiger partial charge in [0, 0.05) is 89.2 Å². The number of imide groups is 1. The Balaban J connectivity index is 1.20. The topological polar surface area (TPSA) is 310 Å². The minimum atomic E-state index is -0.768. The Labute approximate surface area is 392 Å². The molecule has 1 aliphatic rings. The molecule has 0 aliphatic carbocycles. The second-order valence-electron chi connectivity index (χ2n) is 15.4. The molecule has 4 aromatic heterocycles. The number of rotatable bonds is 21. The average Bonchev–Trinajstić information content (AvgIpc) is 4.14. The summed E-state index contributed by atoms with van der Waals surface area (Å²) in [5, 5.41) is 14.0. The van der Waals surface area contributed by atoms with Crippen LogP contribution in [0.1, 0.15) is 54.5 Å². The second-order valence-corrected chi connectivity index (χ2v) is 15.4. The second kappa shape index (κ2) is 20.2. The molecule has 7 amide bonds. The number of imidazole rings is 2. The van der Waals surface area contributed by atoms with Gasteiger partial charge >= 0.3 is 0 Å². The first-order valence-corrected chi connectivity index (χ1v) is 21.1. The summed E-state index contributed by atoms with van der Waals surface area (Å²) in [6, 6.07) is 8.76. The van der Waals surface area contributed by atoms with Crippen molar-refractivity contribution in [1.82, 2.24) is 48.5 Å². The molecule has 0 radical (unpaired) electrons. The van der Waals surface area contributed by atoms with Crippen LogP contribution in [0, 0.1) is 0 Å². The number of nitrogens with zero attached hydrogens (tertiary/aromatic N) is 10. The SMILES string of the molecule is COc1cc(C(=O)Nc2nc3cc(C(N)=O)cc(OC)c3n2C/C=C/Cn2c(NC(=O)c3cc(OC)nn3C)nc3cc(C(N)=O)cc(OCCCN(C)C(=O)CCN4C(=O)C=CC4=O)c32)n(C)n1. The van der Waals surface area contributed by atoms with Gasteiger partial charge in [-0.3, -0.25) is 58.5 Å². The fourth-order valence-corrected chi connectivity index (χ4v) is 7.41. The van der Waals surface area contributed by atoms with Crippen LogP contribution in [0.3, 0.4) is 0 Å². The van der Waals surface area contributed by atoms with Gasteiger partial charge in [0.2, 0.25) is 41.4 Å². The molecule has 6 N–H and O–H groups in total. The van der Waals surface area contributed by atoms with Gasteiger partial charge in [-0.15, -0.1) is 10.2 Å². The van der Waals surface area contributed by atoms with Gasteiger partial charge in [0.1, 0.15) is 33.9 Å². The van der Waals surface area contributed by atoms with Crippen molar-refractivity contribution in [3.63, 3.8) is 0 Å². The van der Waals surface area contributed by atoms with E-state index in [1.54, 1.807) is 42.4 Å². The van der Waals surface area contributed by atoms with Crippen LogP contribution < -0.4 is 41.0 Å². The number of fused-ring (bicyclic) bond motifs is 2. The number of ether oxygens (including phenoxy) is 4. The van der Waals surface area contributed by atoms with E-state index < -0.39 is 35.4 Å². The third-order valence-electron chi connectivity index (χ3n) is 11.0. The first-order valence-electron chi connectivity index (χ1n) is 21.1. The number of nitrogens with two attached hydrogens (primary N) is 2. The normalized spacial score (nSPS) is 12.3. The standard InChI is InChI=1S/C44H48N14O11/c1-53(34(59)12-16-56-35(60)10-11-36(56)61)13-9-17-69-31-21-25(40(46)63)19-27-38(31)58(44(48-27)50-42(65)29-23-33(68-6)52-55(29)3)15-8-7-14-57-37-26(18-24(39(45)62)20-30(37)66-4)47-43(57)49-41(64)28-22-32(67-5)51-54(28)2/h7-8,10-11,18-23H,9,12-17H2,1-6H3,(H2,45,62)(H2,46,63)(H,47,49,64)(H,48,50,65)/b8-7+. The summed E-state index contributed by atoms with van der Waals surface area (Å²) in [4.78, 5) is 101. The highest BCUT2D eigenvalue weighted by Crippen LogP contribution is 2.33. The maximum absolute atomic E-state index is 13.8. The van der Waals surface area contributed by atoms with Gasteiger partial charge in [-0.25, -0.2) is 9.97 Å². The molecule has 69 heavy (non-hydrogen) atoms. The van der Waals surface area contributed by atoms with Crippen LogP contribution in [0.2, 0.25) is 0 Å². The van der Waals surface area contributed by atoms with Crippen LogP contribution in [0.5, 0.6) is 23.3 Å². The number of hydrogen-bond donors (Lipinski definition) is 4. The highest BCUT2D eigenvalue weighted by atomic mass is 16.5. The number of hydrogen-bond acceptors (Lipinski definition) is 15. The highest BCUT2D eigenvalue weighted by Gasteiger charge is 2.26. The number of carbonyl (C=O) groups is 7. The average molecular weight is 949 g/mol. The lowest BCUT2D eigenvalue weighted by Crippen LogP contribution is -2.36. The fraction of sp³-hybridized carbons (Fsp3) is 0.295. The number of allylic oxidation sites excluding steroid dienone is 2. The van der Waals surface area contributed by atoms with Crippen LogP contribution in [0.4, 0.5) is 11.9 Å². The number of anilines is 2. The van der Waals surface area contributed by atoms with E-state index in [9.17, 15) is 33.6 Å². The van der Waals surface area contributed by atoms with Crippen molar-refractivity contribution in [3.8, 4) is 23.3 Å². The van der Waals surface area contributed by atoms with Crippen molar-refractivity contribution in [3.05, 3.63) is 83.2 Å². The molecule has 0 spiro atoms. The number of nitrogens with one attached hydrogen (secondary N) is 2. The fourth-order valence-electron chi connectivity index (χ4n) is 7.41. The van der Waals surface area contributed by atoms with Crippen LogP contribution in [-0.2, 0) is 41.6 Å². The molecule has 2 aromatic carbocycles. The number of amides is 7. The van der Waals surface area contributed by atoms with Crippen LogP contribution >= 0.6 is 0 Å². The number of aryl methyl sites for hydroxylation is 2. The Bertz CT molecular complexity index is 3090. The van der Waals surface area contributed by atoms with E-state index in [2.05, 4.69) is 25.8 Å². The van der Waals surface area contributed by atoms with Gasteiger partial charge in [-0.05, 0) is 30.7 Å². The summed E-state index contributed by atoms with van der Waals surface area (Å²) in [5.74, 6) is -2.90. The number of methoxy groups -OCH3 is 3. The minimum Gasteiger partial charge on any atom is -0.494 e. The molecule has 25 heteroatoms.